The Morgan fingerprint density at radius 2 is 2.18 bits per heavy atom. The van der Waals surface area contributed by atoms with E-state index in [4.69, 9.17) is 4.42 Å². The molecular weight excluding hydrogens is 239 g/mol. The van der Waals surface area contributed by atoms with Gasteiger partial charge in [-0.15, -0.1) is 11.8 Å². The Labute approximate surface area is 103 Å². The summed E-state index contributed by atoms with van der Waals surface area (Å²) >= 11 is 1.33. The molecule has 1 heterocycles. The second-order valence-electron chi connectivity index (χ2n) is 3.70. The van der Waals surface area contributed by atoms with E-state index < -0.39 is 6.10 Å². The third kappa shape index (κ3) is 2.90. The predicted octanol–water partition coefficient (Wildman–Crippen LogP) is 3.76. The van der Waals surface area contributed by atoms with Gasteiger partial charge >= 0.3 is 0 Å². The first kappa shape index (κ1) is 12.2. The molecule has 0 aliphatic heterocycles. The molecule has 2 nitrogen and oxygen atoms in total. The van der Waals surface area contributed by atoms with Crippen LogP contribution < -0.4 is 0 Å². The molecule has 1 atom stereocenters. The molecule has 2 rings (SSSR count). The number of aliphatic hydroxyl groups excluding tert-OH is 1. The highest BCUT2D eigenvalue weighted by Gasteiger charge is 2.13. The van der Waals surface area contributed by atoms with Crippen LogP contribution in [0.2, 0.25) is 0 Å². The van der Waals surface area contributed by atoms with E-state index in [0.29, 0.717) is 16.2 Å². The zero-order valence-electron chi connectivity index (χ0n) is 9.39. The molecule has 0 saturated carbocycles. The monoisotopic (exact) mass is 252 g/mol. The lowest BCUT2D eigenvalue weighted by molar-refractivity contribution is 0.195. The van der Waals surface area contributed by atoms with Crippen molar-refractivity contribution in [2.75, 3.05) is 0 Å². The van der Waals surface area contributed by atoms with E-state index in [1.54, 1.807) is 31.4 Å². The topological polar surface area (TPSA) is 33.4 Å². The summed E-state index contributed by atoms with van der Waals surface area (Å²) in [6.45, 7) is 1.63. The summed E-state index contributed by atoms with van der Waals surface area (Å²) < 4.78 is 18.9. The highest BCUT2D eigenvalue weighted by molar-refractivity contribution is 7.98. The Kier molecular flexibility index (Phi) is 3.86. The molecule has 1 aromatic carbocycles. The molecule has 0 amide bonds. The first-order chi connectivity index (χ1) is 8.18. The highest BCUT2D eigenvalue weighted by atomic mass is 32.2. The molecule has 0 aliphatic carbocycles. The van der Waals surface area contributed by atoms with Crippen molar-refractivity contribution in [3.63, 3.8) is 0 Å². The zero-order valence-corrected chi connectivity index (χ0v) is 10.2. The summed E-state index contributed by atoms with van der Waals surface area (Å²) in [6.07, 6.45) is 0.914. The Balaban J connectivity index is 2.19. The lowest BCUT2D eigenvalue weighted by Gasteiger charge is -2.11. The maximum absolute atomic E-state index is 13.7. The Morgan fingerprint density at radius 3 is 2.82 bits per heavy atom. The molecule has 0 spiro atoms. The minimum Gasteiger partial charge on any atom is -0.468 e. The van der Waals surface area contributed by atoms with Crippen LogP contribution in [0.4, 0.5) is 4.39 Å². The molecule has 90 valence electrons. The number of hydrogen-bond donors (Lipinski definition) is 1. The summed E-state index contributed by atoms with van der Waals surface area (Å²) in [5.41, 5.74) is 0.613. The normalized spacial score (nSPS) is 12.6. The van der Waals surface area contributed by atoms with Crippen LogP contribution in [0.5, 0.6) is 0 Å². The van der Waals surface area contributed by atoms with Gasteiger partial charge in [-0.05, 0) is 30.7 Å². The van der Waals surface area contributed by atoms with Gasteiger partial charge in [-0.25, -0.2) is 4.39 Å². The minimum absolute atomic E-state index is 0.306. The fourth-order valence-corrected chi connectivity index (χ4v) is 2.61. The summed E-state index contributed by atoms with van der Waals surface area (Å²) in [5.74, 6) is 1.03. The maximum atomic E-state index is 13.7. The van der Waals surface area contributed by atoms with Crippen LogP contribution in [0, 0.1) is 5.82 Å². The molecule has 4 heteroatoms. The average Bonchev–Trinajstić information content (AvgIpc) is 2.80. The number of aliphatic hydroxyl groups is 1. The minimum atomic E-state index is -0.676. The first-order valence-electron chi connectivity index (χ1n) is 5.30. The second-order valence-corrected chi connectivity index (χ2v) is 4.69. The lowest BCUT2D eigenvalue weighted by Crippen LogP contribution is -1.96. The SMILES string of the molecule is C[C@H](O)c1cccc(F)c1SCc1ccco1. The number of furan rings is 1. The Hall–Kier alpha value is -1.26. The molecule has 0 unspecified atom stereocenters. The zero-order chi connectivity index (χ0) is 12.3. The van der Waals surface area contributed by atoms with E-state index in [0.717, 1.165) is 5.76 Å². The van der Waals surface area contributed by atoms with Crippen molar-refractivity contribution in [1.82, 2.24) is 0 Å². The summed E-state index contributed by atoms with van der Waals surface area (Å²) in [4.78, 5) is 0.485. The van der Waals surface area contributed by atoms with E-state index in [1.807, 2.05) is 6.07 Å². The number of benzene rings is 1. The molecule has 1 aromatic heterocycles. The van der Waals surface area contributed by atoms with Crippen molar-refractivity contribution in [3.05, 3.63) is 53.7 Å². The maximum Gasteiger partial charge on any atom is 0.137 e. The third-order valence-corrected chi connectivity index (χ3v) is 3.53. The van der Waals surface area contributed by atoms with Crippen molar-refractivity contribution in [1.29, 1.82) is 0 Å². The van der Waals surface area contributed by atoms with Crippen LogP contribution in [0.25, 0.3) is 0 Å². The standard InChI is InChI=1S/C13H13FO2S/c1-9(15)11-5-2-6-12(14)13(11)17-8-10-4-3-7-16-10/h2-7,9,15H,8H2,1H3/t9-/m0/s1. The van der Waals surface area contributed by atoms with Gasteiger partial charge in [0.05, 0.1) is 18.1 Å². The summed E-state index contributed by atoms with van der Waals surface area (Å²) in [5, 5.41) is 9.58. The van der Waals surface area contributed by atoms with E-state index >= 15 is 0 Å². The van der Waals surface area contributed by atoms with Crippen molar-refractivity contribution >= 4 is 11.8 Å². The number of halogens is 1. The van der Waals surface area contributed by atoms with Crippen LogP contribution in [0.3, 0.4) is 0 Å². The molecule has 0 radical (unpaired) electrons. The van der Waals surface area contributed by atoms with E-state index in [1.165, 1.54) is 17.8 Å². The second kappa shape index (κ2) is 5.38. The average molecular weight is 252 g/mol. The fourth-order valence-electron chi connectivity index (χ4n) is 1.54. The van der Waals surface area contributed by atoms with Crippen LogP contribution in [-0.2, 0) is 5.75 Å². The molecule has 17 heavy (non-hydrogen) atoms. The van der Waals surface area contributed by atoms with Gasteiger partial charge in [0.25, 0.3) is 0 Å². The molecule has 0 bridgehead atoms. The summed E-state index contributed by atoms with van der Waals surface area (Å²) in [7, 11) is 0. The molecule has 0 aliphatic rings. The number of hydrogen-bond acceptors (Lipinski definition) is 3. The largest absolute Gasteiger partial charge is 0.468 e. The molecule has 0 fully saturated rings. The Morgan fingerprint density at radius 1 is 1.35 bits per heavy atom. The molecular formula is C13H13FO2S. The lowest BCUT2D eigenvalue weighted by atomic mass is 10.1. The predicted molar refractivity (Wildman–Crippen MR) is 65.3 cm³/mol. The van der Waals surface area contributed by atoms with Crippen molar-refractivity contribution in [3.8, 4) is 0 Å². The Bertz CT molecular complexity index is 480. The quantitative estimate of drug-likeness (QED) is 0.841. The number of rotatable bonds is 4. The van der Waals surface area contributed by atoms with Crippen molar-refractivity contribution in [2.24, 2.45) is 0 Å². The first-order valence-corrected chi connectivity index (χ1v) is 6.28. The van der Waals surface area contributed by atoms with Gasteiger partial charge in [-0.1, -0.05) is 12.1 Å². The van der Waals surface area contributed by atoms with Gasteiger partial charge in [0.1, 0.15) is 11.6 Å². The van der Waals surface area contributed by atoms with Gasteiger partial charge in [-0.3, -0.25) is 0 Å². The van der Waals surface area contributed by atoms with Gasteiger partial charge < -0.3 is 9.52 Å². The third-order valence-electron chi connectivity index (χ3n) is 2.39. The van der Waals surface area contributed by atoms with Gasteiger partial charge in [0.2, 0.25) is 0 Å². The molecule has 0 saturated heterocycles. The van der Waals surface area contributed by atoms with Gasteiger partial charge in [0, 0.05) is 4.90 Å². The summed E-state index contributed by atoms with van der Waals surface area (Å²) in [6, 6.07) is 8.38. The van der Waals surface area contributed by atoms with Crippen LogP contribution in [-0.4, -0.2) is 5.11 Å². The molecule has 2 aromatic rings. The smallest absolute Gasteiger partial charge is 0.137 e. The van der Waals surface area contributed by atoms with Crippen LogP contribution >= 0.6 is 11.8 Å². The van der Waals surface area contributed by atoms with Crippen LogP contribution in [0.1, 0.15) is 24.4 Å². The van der Waals surface area contributed by atoms with Crippen LogP contribution in [0.15, 0.2) is 45.9 Å². The van der Waals surface area contributed by atoms with Crippen molar-refractivity contribution < 1.29 is 13.9 Å². The van der Waals surface area contributed by atoms with Gasteiger partial charge in [0.15, 0.2) is 0 Å². The highest BCUT2D eigenvalue weighted by Crippen LogP contribution is 2.32. The molecule has 1 N–H and O–H groups in total. The van der Waals surface area contributed by atoms with E-state index in [9.17, 15) is 9.50 Å². The van der Waals surface area contributed by atoms with Gasteiger partial charge in [-0.2, -0.15) is 0 Å². The number of thioether (sulfide) groups is 1. The van der Waals surface area contributed by atoms with Crippen molar-refractivity contribution in [2.45, 2.75) is 23.7 Å². The fraction of sp³-hybridized carbons (Fsp3) is 0.231. The van der Waals surface area contributed by atoms with E-state index in [2.05, 4.69) is 0 Å². The van der Waals surface area contributed by atoms with E-state index in [-0.39, 0.29) is 5.82 Å².